The van der Waals surface area contributed by atoms with Gasteiger partial charge in [0.2, 0.25) is 0 Å². The Hall–Kier alpha value is -0.0900. The topological polar surface area (TPSA) is 9.23 Å². The molecule has 1 atom stereocenters. The second-order valence-corrected chi connectivity index (χ2v) is 4.97. The third-order valence-electron chi connectivity index (χ3n) is 2.03. The fraction of sp³-hybridized carbons (Fsp3) is 0.455. The highest BCUT2D eigenvalue weighted by Crippen LogP contribution is 2.22. The molecule has 2 heteroatoms. The maximum atomic E-state index is 5.02. The summed E-state index contributed by atoms with van der Waals surface area (Å²) in [6.07, 6.45) is 1.01. The number of rotatable bonds is 4. The molecule has 0 aliphatic heterocycles. The van der Waals surface area contributed by atoms with E-state index in [4.69, 9.17) is 4.74 Å². The molecule has 0 heterocycles. The minimum absolute atomic E-state index is 0.592. The van der Waals surface area contributed by atoms with Crippen molar-refractivity contribution in [2.75, 3.05) is 13.7 Å². The number of methoxy groups -OCH3 is 1. The van der Waals surface area contributed by atoms with Gasteiger partial charge in [0, 0.05) is 11.0 Å². The predicted octanol–water partition coefficient (Wildman–Crippen LogP) is 3.37. The van der Waals surface area contributed by atoms with Crippen LogP contribution in [-0.4, -0.2) is 13.7 Å². The molecule has 13 heavy (non-hydrogen) atoms. The third-order valence-corrected chi connectivity index (χ3v) is 2.75. The molecule has 1 nitrogen and oxygen atoms in total. The van der Waals surface area contributed by atoms with Gasteiger partial charge in [-0.2, -0.15) is 0 Å². The molecule has 0 spiro atoms. The average molecular weight is 290 g/mol. The lowest BCUT2D eigenvalue weighted by molar-refractivity contribution is 0.202. The first kappa shape index (κ1) is 11.0. The number of hydrogen-bond acceptors (Lipinski definition) is 1. The van der Waals surface area contributed by atoms with Gasteiger partial charge in [0.1, 0.15) is 0 Å². The zero-order valence-corrected chi connectivity index (χ0v) is 10.2. The maximum absolute atomic E-state index is 5.02. The molecular weight excluding hydrogens is 275 g/mol. The molecule has 1 unspecified atom stereocenters. The molecule has 0 saturated carbocycles. The summed E-state index contributed by atoms with van der Waals surface area (Å²) in [5, 5.41) is 0. The van der Waals surface area contributed by atoms with E-state index >= 15 is 0 Å². The molecule has 0 radical (unpaired) electrons. The van der Waals surface area contributed by atoms with E-state index < -0.39 is 0 Å². The van der Waals surface area contributed by atoms with Gasteiger partial charge in [0.05, 0.1) is 6.61 Å². The van der Waals surface area contributed by atoms with Crippen molar-refractivity contribution in [3.63, 3.8) is 0 Å². The minimum Gasteiger partial charge on any atom is -0.384 e. The number of ether oxygens (including phenoxy) is 1. The highest BCUT2D eigenvalue weighted by Gasteiger charge is 1.99. The van der Waals surface area contributed by atoms with Gasteiger partial charge >= 0.3 is 0 Å². The number of hydrogen-bond donors (Lipinski definition) is 0. The average Bonchev–Trinajstić information content (AvgIpc) is 2.15. The summed E-state index contributed by atoms with van der Waals surface area (Å²) in [6.45, 7) is 3.00. The van der Waals surface area contributed by atoms with E-state index in [-0.39, 0.29) is 0 Å². The van der Waals surface area contributed by atoms with E-state index in [1.165, 1.54) is 11.1 Å². The molecule has 0 aliphatic carbocycles. The van der Waals surface area contributed by atoms with Gasteiger partial charge in [0.25, 0.3) is 0 Å². The van der Waals surface area contributed by atoms with Crippen LogP contribution in [0.25, 0.3) is 0 Å². The van der Waals surface area contributed by atoms with Crippen molar-refractivity contribution in [3.8, 4) is 0 Å². The molecule has 0 fully saturated rings. The van der Waals surface area contributed by atoms with Crippen molar-refractivity contribution in [2.24, 2.45) is 0 Å². The van der Waals surface area contributed by atoms with Crippen LogP contribution in [0.3, 0.4) is 0 Å². The first-order chi connectivity index (χ1) is 6.24. The fourth-order valence-electron chi connectivity index (χ4n) is 1.17. The zero-order valence-electron chi connectivity index (χ0n) is 8.09. The van der Waals surface area contributed by atoms with Crippen LogP contribution >= 0.6 is 22.6 Å². The maximum Gasteiger partial charge on any atom is 0.0502 e. The summed E-state index contributed by atoms with van der Waals surface area (Å²) in [5.74, 6) is 0. The van der Waals surface area contributed by atoms with E-state index in [0.717, 1.165) is 13.0 Å². The van der Waals surface area contributed by atoms with Crippen LogP contribution in [0, 0.1) is 0 Å². The van der Waals surface area contributed by atoms with Crippen LogP contribution in [0.4, 0.5) is 0 Å². The first-order valence-corrected chi connectivity index (χ1v) is 5.70. The van der Waals surface area contributed by atoms with Crippen LogP contribution in [0.15, 0.2) is 24.3 Å². The van der Waals surface area contributed by atoms with Gasteiger partial charge < -0.3 is 4.74 Å². The molecule has 1 aromatic rings. The Kier molecular flexibility index (Phi) is 4.73. The zero-order chi connectivity index (χ0) is 9.68. The summed E-state index contributed by atoms with van der Waals surface area (Å²) < 4.78 is 5.61. The molecule has 0 bridgehead atoms. The second-order valence-electron chi connectivity index (χ2n) is 3.10. The van der Waals surface area contributed by atoms with Gasteiger partial charge in [0.15, 0.2) is 0 Å². The van der Waals surface area contributed by atoms with Gasteiger partial charge in [-0.15, -0.1) is 0 Å². The Labute approximate surface area is 93.6 Å². The lowest BCUT2D eigenvalue weighted by atomic mass is 10.1. The van der Waals surface area contributed by atoms with Crippen LogP contribution in [-0.2, 0) is 11.2 Å². The first-order valence-electron chi connectivity index (χ1n) is 4.46. The van der Waals surface area contributed by atoms with Crippen LogP contribution in [0.2, 0.25) is 0 Å². The largest absolute Gasteiger partial charge is 0.384 e. The molecule has 1 rings (SSSR count). The summed E-state index contributed by atoms with van der Waals surface area (Å²) in [5.41, 5.74) is 2.74. The van der Waals surface area contributed by atoms with E-state index in [9.17, 15) is 0 Å². The molecule has 0 aromatic heterocycles. The normalized spacial score (nSPS) is 12.8. The molecule has 0 N–H and O–H groups in total. The standard InChI is InChI=1S/C11H15IO/c1-9(12)11-5-3-10(4-6-11)7-8-13-2/h3-6,9H,7-8H2,1-2H3. The summed E-state index contributed by atoms with van der Waals surface area (Å²) in [7, 11) is 1.74. The molecule has 72 valence electrons. The van der Waals surface area contributed by atoms with Gasteiger partial charge in [-0.05, 0) is 24.5 Å². The monoisotopic (exact) mass is 290 g/mol. The van der Waals surface area contributed by atoms with Crippen molar-refractivity contribution >= 4 is 22.6 Å². The Morgan fingerprint density at radius 3 is 2.38 bits per heavy atom. The highest BCUT2D eigenvalue weighted by molar-refractivity contribution is 14.1. The minimum atomic E-state index is 0.592. The third kappa shape index (κ3) is 3.65. The Morgan fingerprint density at radius 2 is 1.92 bits per heavy atom. The second kappa shape index (κ2) is 5.60. The lowest BCUT2D eigenvalue weighted by Crippen LogP contribution is -1.94. The Morgan fingerprint density at radius 1 is 1.31 bits per heavy atom. The van der Waals surface area contributed by atoms with Crippen molar-refractivity contribution < 1.29 is 4.74 Å². The van der Waals surface area contributed by atoms with Crippen LogP contribution in [0.5, 0.6) is 0 Å². The molecule has 0 aliphatic rings. The Bertz CT molecular complexity index is 241. The number of alkyl halides is 1. The van der Waals surface area contributed by atoms with Crippen molar-refractivity contribution in [1.29, 1.82) is 0 Å². The SMILES string of the molecule is COCCc1ccc(C(C)I)cc1. The van der Waals surface area contributed by atoms with E-state index in [2.05, 4.69) is 53.8 Å². The fourth-order valence-corrected chi connectivity index (χ4v) is 1.58. The Balaban J connectivity index is 2.59. The van der Waals surface area contributed by atoms with Gasteiger partial charge in [-0.3, -0.25) is 0 Å². The predicted molar refractivity (Wildman–Crippen MR) is 64.5 cm³/mol. The van der Waals surface area contributed by atoms with Crippen molar-refractivity contribution in [1.82, 2.24) is 0 Å². The smallest absolute Gasteiger partial charge is 0.0502 e. The molecule has 1 aromatic carbocycles. The number of benzene rings is 1. The molecular formula is C11H15IO. The van der Waals surface area contributed by atoms with Crippen molar-refractivity contribution in [2.45, 2.75) is 17.3 Å². The quantitative estimate of drug-likeness (QED) is 0.610. The van der Waals surface area contributed by atoms with E-state index in [0.29, 0.717) is 3.92 Å². The van der Waals surface area contributed by atoms with Crippen molar-refractivity contribution in [3.05, 3.63) is 35.4 Å². The van der Waals surface area contributed by atoms with Crippen LogP contribution in [0.1, 0.15) is 22.0 Å². The molecule has 0 amide bonds. The number of halogens is 1. The highest BCUT2D eigenvalue weighted by atomic mass is 127. The van der Waals surface area contributed by atoms with Gasteiger partial charge in [-0.25, -0.2) is 0 Å². The summed E-state index contributed by atoms with van der Waals surface area (Å²) >= 11 is 2.42. The van der Waals surface area contributed by atoms with Crippen LogP contribution < -0.4 is 0 Å². The van der Waals surface area contributed by atoms with Gasteiger partial charge in [-0.1, -0.05) is 46.9 Å². The lowest BCUT2D eigenvalue weighted by Gasteiger charge is -2.05. The van der Waals surface area contributed by atoms with E-state index in [1.807, 2.05) is 0 Å². The molecule has 0 saturated heterocycles. The summed E-state index contributed by atoms with van der Waals surface area (Å²) in [6, 6.07) is 8.76. The van der Waals surface area contributed by atoms with E-state index in [1.54, 1.807) is 7.11 Å². The summed E-state index contributed by atoms with van der Waals surface area (Å²) in [4.78, 5) is 0.